The molecule has 1 atom stereocenters. The van der Waals surface area contributed by atoms with E-state index >= 15 is 0 Å². The number of amides is 1. The number of carbonyl (C=O) groups is 1. The van der Waals surface area contributed by atoms with E-state index < -0.39 is 6.10 Å². The van der Waals surface area contributed by atoms with Crippen LogP contribution >= 0.6 is 0 Å². The predicted molar refractivity (Wildman–Crippen MR) is 40.9 cm³/mol. The van der Waals surface area contributed by atoms with Gasteiger partial charge in [-0.3, -0.25) is 4.79 Å². The molecule has 0 aliphatic rings. The van der Waals surface area contributed by atoms with Crippen molar-refractivity contribution in [2.45, 2.75) is 12.5 Å². The van der Waals surface area contributed by atoms with E-state index in [1.165, 1.54) is 0 Å². The van der Waals surface area contributed by atoms with Crippen LogP contribution in [0.25, 0.3) is 0 Å². The van der Waals surface area contributed by atoms with Gasteiger partial charge in [-0.2, -0.15) is 0 Å². The number of rotatable bonds is 5. The summed E-state index contributed by atoms with van der Waals surface area (Å²) in [5.41, 5.74) is 0. The lowest BCUT2D eigenvalue weighted by molar-refractivity contribution is -0.117. The maximum atomic E-state index is 10.5. The van der Waals surface area contributed by atoms with Crippen LogP contribution in [-0.4, -0.2) is 35.4 Å². The number of hydrogen-bond acceptors (Lipinski definition) is 3. The lowest BCUT2D eigenvalue weighted by atomic mass is 10.2. The first-order chi connectivity index (χ1) is 5.20. The Bertz CT molecular complexity index is 136. The van der Waals surface area contributed by atoms with Gasteiger partial charge in [-0.25, -0.2) is 0 Å². The van der Waals surface area contributed by atoms with Gasteiger partial charge in [-0.1, -0.05) is 6.58 Å². The second-order valence-corrected chi connectivity index (χ2v) is 2.12. The quantitative estimate of drug-likeness (QED) is 0.452. The van der Waals surface area contributed by atoms with Gasteiger partial charge >= 0.3 is 0 Å². The van der Waals surface area contributed by atoms with E-state index in [2.05, 4.69) is 11.9 Å². The molecule has 1 unspecified atom stereocenters. The molecule has 0 aromatic carbocycles. The van der Waals surface area contributed by atoms with Crippen molar-refractivity contribution in [3.8, 4) is 0 Å². The molecule has 64 valence electrons. The molecule has 3 N–H and O–H groups in total. The molecule has 0 radical (unpaired) electrons. The van der Waals surface area contributed by atoms with E-state index in [-0.39, 0.29) is 25.5 Å². The van der Waals surface area contributed by atoms with Gasteiger partial charge in [0.1, 0.15) is 0 Å². The fourth-order valence-electron chi connectivity index (χ4n) is 0.542. The molecular weight excluding hydrogens is 146 g/mol. The summed E-state index contributed by atoms with van der Waals surface area (Å²) in [4.78, 5) is 10.5. The van der Waals surface area contributed by atoms with Crippen molar-refractivity contribution in [2.75, 3.05) is 13.2 Å². The zero-order valence-electron chi connectivity index (χ0n) is 6.29. The number of aliphatic hydroxyl groups is 2. The Morgan fingerprint density at radius 2 is 2.36 bits per heavy atom. The van der Waals surface area contributed by atoms with Gasteiger partial charge in [0, 0.05) is 13.2 Å². The maximum Gasteiger partial charge on any atom is 0.243 e. The summed E-state index contributed by atoms with van der Waals surface area (Å²) in [7, 11) is 0. The van der Waals surface area contributed by atoms with E-state index in [0.29, 0.717) is 0 Å². The monoisotopic (exact) mass is 159 g/mol. The number of carbonyl (C=O) groups excluding carboxylic acids is 1. The molecule has 0 aliphatic carbocycles. The van der Waals surface area contributed by atoms with Crippen molar-refractivity contribution in [3.63, 3.8) is 0 Å². The molecule has 0 aliphatic heterocycles. The Balaban J connectivity index is 3.37. The Labute approximate surface area is 65.5 Å². The average molecular weight is 159 g/mol. The van der Waals surface area contributed by atoms with Crippen molar-refractivity contribution >= 4 is 5.91 Å². The summed E-state index contributed by atoms with van der Waals surface area (Å²) < 4.78 is 0. The highest BCUT2D eigenvalue weighted by atomic mass is 16.3. The molecule has 0 aromatic heterocycles. The summed E-state index contributed by atoms with van der Waals surface area (Å²) in [6.07, 6.45) is 0.729. The van der Waals surface area contributed by atoms with Crippen LogP contribution in [0.3, 0.4) is 0 Å². The normalized spacial score (nSPS) is 12.2. The smallest absolute Gasteiger partial charge is 0.243 e. The zero-order valence-corrected chi connectivity index (χ0v) is 6.29. The van der Waals surface area contributed by atoms with Gasteiger partial charge in [0.15, 0.2) is 0 Å². The molecule has 11 heavy (non-hydrogen) atoms. The first kappa shape index (κ1) is 10.1. The fourth-order valence-corrected chi connectivity index (χ4v) is 0.542. The Morgan fingerprint density at radius 3 is 2.82 bits per heavy atom. The Morgan fingerprint density at radius 1 is 1.73 bits per heavy atom. The van der Waals surface area contributed by atoms with E-state index in [0.717, 1.165) is 6.08 Å². The van der Waals surface area contributed by atoms with Crippen LogP contribution in [0.4, 0.5) is 0 Å². The molecule has 0 spiro atoms. The van der Waals surface area contributed by atoms with Crippen LogP contribution in [0, 0.1) is 0 Å². The Hall–Kier alpha value is -0.870. The van der Waals surface area contributed by atoms with Crippen LogP contribution in [0.2, 0.25) is 0 Å². The summed E-state index contributed by atoms with van der Waals surface area (Å²) in [5, 5.41) is 19.7. The highest BCUT2D eigenvalue weighted by Crippen LogP contribution is 1.86. The van der Waals surface area contributed by atoms with E-state index in [9.17, 15) is 4.79 Å². The molecule has 0 heterocycles. The fraction of sp³-hybridized carbons (Fsp3) is 0.571. The molecule has 0 saturated carbocycles. The topological polar surface area (TPSA) is 69.6 Å². The first-order valence-corrected chi connectivity index (χ1v) is 3.40. The number of nitrogens with one attached hydrogen (secondary N) is 1. The van der Waals surface area contributed by atoms with Crippen LogP contribution in [-0.2, 0) is 4.79 Å². The van der Waals surface area contributed by atoms with Gasteiger partial charge in [0.05, 0.1) is 6.10 Å². The Kier molecular flexibility index (Phi) is 5.42. The highest BCUT2D eigenvalue weighted by Gasteiger charge is 2.02. The first-order valence-electron chi connectivity index (χ1n) is 3.40. The predicted octanol–water partition coefficient (Wildman–Crippen LogP) is -0.968. The summed E-state index contributed by atoms with van der Waals surface area (Å²) in [6.45, 7) is 3.32. The van der Waals surface area contributed by atoms with Gasteiger partial charge in [-0.05, 0) is 12.5 Å². The molecule has 0 saturated heterocycles. The van der Waals surface area contributed by atoms with Crippen LogP contribution in [0.15, 0.2) is 12.7 Å². The van der Waals surface area contributed by atoms with Gasteiger partial charge in [0.25, 0.3) is 0 Å². The standard InChI is InChI=1S/C7H13NO3/c1-2-7(11)8-5-6(10)3-4-9/h2,6,9-10H,1,3-5H2,(H,8,11). The third-order valence-corrected chi connectivity index (χ3v) is 1.16. The van der Waals surface area contributed by atoms with Crippen LogP contribution in [0.1, 0.15) is 6.42 Å². The van der Waals surface area contributed by atoms with Gasteiger partial charge < -0.3 is 15.5 Å². The summed E-state index contributed by atoms with van der Waals surface area (Å²) in [5.74, 6) is -0.318. The number of aliphatic hydroxyl groups excluding tert-OH is 2. The van der Waals surface area contributed by atoms with Crippen LogP contribution < -0.4 is 5.32 Å². The lowest BCUT2D eigenvalue weighted by Gasteiger charge is -2.08. The minimum Gasteiger partial charge on any atom is -0.396 e. The molecule has 1 amide bonds. The molecule has 0 bridgehead atoms. The molecule has 4 nitrogen and oxygen atoms in total. The summed E-state index contributed by atoms with van der Waals surface area (Å²) >= 11 is 0. The third-order valence-electron chi connectivity index (χ3n) is 1.16. The van der Waals surface area contributed by atoms with Crippen molar-refractivity contribution in [3.05, 3.63) is 12.7 Å². The van der Waals surface area contributed by atoms with Crippen molar-refractivity contribution in [1.29, 1.82) is 0 Å². The third kappa shape index (κ3) is 5.57. The molecule has 0 aromatic rings. The van der Waals surface area contributed by atoms with Gasteiger partial charge in [0.2, 0.25) is 5.91 Å². The van der Waals surface area contributed by atoms with E-state index in [1.54, 1.807) is 0 Å². The maximum absolute atomic E-state index is 10.5. The van der Waals surface area contributed by atoms with E-state index in [1.807, 2.05) is 0 Å². The van der Waals surface area contributed by atoms with Crippen molar-refractivity contribution < 1.29 is 15.0 Å². The SMILES string of the molecule is C=CC(=O)NCC(O)CCO. The highest BCUT2D eigenvalue weighted by molar-refractivity contribution is 5.86. The summed E-state index contributed by atoms with van der Waals surface area (Å²) in [6, 6.07) is 0. The average Bonchev–Trinajstić information content (AvgIpc) is 2.01. The molecular formula is C7H13NO3. The van der Waals surface area contributed by atoms with Crippen molar-refractivity contribution in [2.24, 2.45) is 0 Å². The molecule has 0 fully saturated rings. The van der Waals surface area contributed by atoms with Gasteiger partial charge in [-0.15, -0.1) is 0 Å². The molecule has 0 rings (SSSR count). The van der Waals surface area contributed by atoms with E-state index in [4.69, 9.17) is 10.2 Å². The zero-order chi connectivity index (χ0) is 8.69. The second kappa shape index (κ2) is 5.88. The molecule has 4 heteroatoms. The number of hydrogen-bond donors (Lipinski definition) is 3. The minimum atomic E-state index is -0.677. The largest absolute Gasteiger partial charge is 0.396 e. The van der Waals surface area contributed by atoms with Crippen molar-refractivity contribution in [1.82, 2.24) is 5.32 Å². The van der Waals surface area contributed by atoms with Crippen LogP contribution in [0.5, 0.6) is 0 Å². The minimum absolute atomic E-state index is 0.0782. The second-order valence-electron chi connectivity index (χ2n) is 2.12. The lowest BCUT2D eigenvalue weighted by Crippen LogP contribution is -2.31.